The molecule has 0 saturated heterocycles. The lowest BCUT2D eigenvalue weighted by molar-refractivity contribution is 0.598. The molecule has 0 N–H and O–H groups in total. The Bertz CT molecular complexity index is 1390. The van der Waals surface area contributed by atoms with Crippen molar-refractivity contribution >= 4 is 55.2 Å². The molecule has 198 valence electrons. The first-order valence-corrected chi connectivity index (χ1v) is 18.3. The maximum atomic E-state index is 13.8. The number of rotatable bonds is 12. The molecule has 4 aromatic heterocycles. The average molecular weight is 589 g/mol. The Hall–Kier alpha value is -1.25. The van der Waals surface area contributed by atoms with Gasteiger partial charge in [0, 0.05) is 29.3 Å². The van der Waals surface area contributed by atoms with Crippen LogP contribution in [0.5, 0.6) is 0 Å². The van der Waals surface area contributed by atoms with Crippen molar-refractivity contribution < 1.29 is 8.42 Å². The fourth-order valence-corrected chi connectivity index (χ4v) is 13.3. The Kier molecular flexibility index (Phi) is 8.47. The number of thiophene rings is 4. The van der Waals surface area contributed by atoms with Crippen molar-refractivity contribution in [3.05, 3.63) is 45.1 Å². The maximum Gasteiger partial charge on any atom is 0.210 e. The molecule has 0 radical (unpaired) electrons. The highest BCUT2D eigenvalue weighted by molar-refractivity contribution is 7.92. The van der Waals surface area contributed by atoms with Gasteiger partial charge in [-0.2, -0.15) is 0 Å². The van der Waals surface area contributed by atoms with Gasteiger partial charge in [-0.05, 0) is 74.9 Å². The van der Waals surface area contributed by atoms with E-state index >= 15 is 0 Å². The lowest BCUT2D eigenvalue weighted by Gasteiger charge is -2.03. The molecule has 1 aliphatic heterocycles. The standard InChI is InChI=1S/C30H36O2S5/c1-5-7-9-11-13-21-15-17-23(33-21)25-19(3)29-27(35-25)28-30(37(29,31)32)20(4)26(36-28)24-18-16-22(34-24)14-12-10-8-6-2/h15-18H,5-14H2,1-4H3. The van der Waals surface area contributed by atoms with Gasteiger partial charge in [-0.3, -0.25) is 0 Å². The average Bonchev–Trinajstić information content (AvgIpc) is 3.66. The molecule has 0 aromatic carbocycles. The fraction of sp³-hybridized carbons (Fsp3) is 0.467. The summed E-state index contributed by atoms with van der Waals surface area (Å²) in [4.78, 5) is 10.5. The minimum Gasteiger partial charge on any atom is -0.218 e. The number of sulfone groups is 1. The molecular weight excluding hydrogens is 553 g/mol. The van der Waals surface area contributed by atoms with Gasteiger partial charge < -0.3 is 0 Å². The quantitative estimate of drug-likeness (QED) is 0.136. The van der Waals surface area contributed by atoms with Crippen LogP contribution in [0.25, 0.3) is 29.3 Å². The van der Waals surface area contributed by atoms with Gasteiger partial charge in [-0.25, -0.2) is 8.42 Å². The minimum absolute atomic E-state index is 0.559. The summed E-state index contributed by atoms with van der Waals surface area (Å²) in [6, 6.07) is 8.86. The first kappa shape index (κ1) is 27.3. The molecule has 7 heteroatoms. The highest BCUT2D eigenvalue weighted by Gasteiger charge is 2.42. The lowest BCUT2D eigenvalue weighted by Crippen LogP contribution is -1.99. The third-order valence-corrected chi connectivity index (χ3v) is 15.0. The Labute approximate surface area is 238 Å². The van der Waals surface area contributed by atoms with Gasteiger partial charge in [0.25, 0.3) is 0 Å². The van der Waals surface area contributed by atoms with Crippen molar-refractivity contribution in [3.63, 3.8) is 0 Å². The van der Waals surface area contributed by atoms with Crippen LogP contribution in [-0.4, -0.2) is 8.42 Å². The van der Waals surface area contributed by atoms with E-state index in [-0.39, 0.29) is 0 Å². The lowest BCUT2D eigenvalue weighted by atomic mass is 10.1. The molecule has 0 unspecified atom stereocenters. The van der Waals surface area contributed by atoms with Crippen LogP contribution in [-0.2, 0) is 22.7 Å². The van der Waals surface area contributed by atoms with E-state index in [0.717, 1.165) is 43.5 Å². The smallest absolute Gasteiger partial charge is 0.210 e. The normalized spacial score (nSPS) is 13.8. The summed E-state index contributed by atoms with van der Waals surface area (Å²) >= 11 is 7.02. The molecule has 37 heavy (non-hydrogen) atoms. The van der Waals surface area contributed by atoms with E-state index in [1.54, 1.807) is 22.7 Å². The van der Waals surface area contributed by atoms with Gasteiger partial charge in [-0.1, -0.05) is 52.4 Å². The third kappa shape index (κ3) is 5.19. The highest BCUT2D eigenvalue weighted by atomic mass is 32.2. The maximum absolute atomic E-state index is 13.8. The summed E-state index contributed by atoms with van der Waals surface area (Å²) in [5.74, 6) is 0. The van der Waals surface area contributed by atoms with Gasteiger partial charge in [0.05, 0.1) is 19.5 Å². The van der Waals surface area contributed by atoms with Crippen LogP contribution in [0, 0.1) is 13.8 Å². The van der Waals surface area contributed by atoms with E-state index in [2.05, 4.69) is 38.1 Å². The predicted octanol–water partition coefficient (Wildman–Crippen LogP) is 10.9. The van der Waals surface area contributed by atoms with Crippen LogP contribution in [0.3, 0.4) is 0 Å². The van der Waals surface area contributed by atoms with Crippen LogP contribution in [0.4, 0.5) is 0 Å². The predicted molar refractivity (Wildman–Crippen MR) is 165 cm³/mol. The first-order chi connectivity index (χ1) is 17.9. The molecule has 0 saturated carbocycles. The molecular formula is C30H36O2S5. The molecule has 2 nitrogen and oxygen atoms in total. The zero-order valence-corrected chi connectivity index (χ0v) is 26.3. The Morgan fingerprint density at radius 1 is 0.568 bits per heavy atom. The highest BCUT2D eigenvalue weighted by Crippen LogP contribution is 2.59. The van der Waals surface area contributed by atoms with Gasteiger partial charge in [0.15, 0.2) is 0 Å². The van der Waals surface area contributed by atoms with E-state index in [1.807, 2.05) is 36.5 Å². The third-order valence-electron chi connectivity index (χ3n) is 7.25. The second-order valence-electron chi connectivity index (χ2n) is 10.1. The first-order valence-electron chi connectivity index (χ1n) is 13.6. The second-order valence-corrected chi connectivity index (χ2v) is 16.3. The molecule has 5 rings (SSSR count). The summed E-state index contributed by atoms with van der Waals surface area (Å²) in [7, 11) is -3.50. The largest absolute Gasteiger partial charge is 0.218 e. The summed E-state index contributed by atoms with van der Waals surface area (Å²) in [6.07, 6.45) is 12.3. The monoisotopic (exact) mass is 588 g/mol. The van der Waals surface area contributed by atoms with Gasteiger partial charge in [0.2, 0.25) is 9.84 Å². The number of unbranched alkanes of at least 4 members (excludes halogenated alkanes) is 6. The molecule has 4 aromatic rings. The Balaban J connectivity index is 1.44. The summed E-state index contributed by atoms with van der Waals surface area (Å²) in [5, 5.41) is 0. The Morgan fingerprint density at radius 2 is 1.00 bits per heavy atom. The van der Waals surface area contributed by atoms with Gasteiger partial charge in [0.1, 0.15) is 0 Å². The number of aryl methyl sites for hydroxylation is 2. The minimum atomic E-state index is -3.50. The van der Waals surface area contributed by atoms with Crippen molar-refractivity contribution in [2.45, 2.75) is 102 Å². The molecule has 1 aliphatic rings. The molecule has 5 heterocycles. The zero-order valence-electron chi connectivity index (χ0n) is 22.2. The molecule has 0 fully saturated rings. The van der Waals surface area contributed by atoms with Gasteiger partial charge >= 0.3 is 0 Å². The Morgan fingerprint density at radius 3 is 1.41 bits per heavy atom. The number of hydrogen-bond donors (Lipinski definition) is 0. The van der Waals surface area contributed by atoms with Crippen molar-refractivity contribution in [1.82, 2.24) is 0 Å². The molecule has 0 atom stereocenters. The summed E-state index contributed by atoms with van der Waals surface area (Å²) in [5.41, 5.74) is 1.85. The van der Waals surface area contributed by atoms with E-state index in [0.29, 0.717) is 9.79 Å². The van der Waals surface area contributed by atoms with E-state index in [4.69, 9.17) is 0 Å². The second kappa shape index (κ2) is 11.5. The topological polar surface area (TPSA) is 34.1 Å². The van der Waals surface area contributed by atoms with Crippen LogP contribution >= 0.6 is 45.3 Å². The van der Waals surface area contributed by atoms with Crippen molar-refractivity contribution in [2.75, 3.05) is 0 Å². The van der Waals surface area contributed by atoms with Crippen molar-refractivity contribution in [2.24, 2.45) is 0 Å². The van der Waals surface area contributed by atoms with E-state index in [1.165, 1.54) is 70.9 Å². The van der Waals surface area contributed by atoms with E-state index < -0.39 is 9.84 Å². The number of fused-ring (bicyclic) bond motifs is 3. The number of hydrogen-bond acceptors (Lipinski definition) is 6. The summed E-state index contributed by atoms with van der Waals surface area (Å²) in [6.45, 7) is 8.49. The SMILES string of the molecule is CCCCCCc1ccc(-c2sc3c(c2C)S(=O)(=O)c2c-3sc(-c3ccc(CCCCCC)s3)c2C)s1. The van der Waals surface area contributed by atoms with Crippen LogP contribution < -0.4 is 0 Å². The van der Waals surface area contributed by atoms with Crippen LogP contribution in [0.1, 0.15) is 86.1 Å². The van der Waals surface area contributed by atoms with Crippen molar-refractivity contribution in [1.29, 1.82) is 0 Å². The fourth-order valence-electron chi connectivity index (χ4n) is 5.24. The molecule has 0 aliphatic carbocycles. The van der Waals surface area contributed by atoms with Crippen molar-refractivity contribution in [3.8, 4) is 29.3 Å². The summed E-state index contributed by atoms with van der Waals surface area (Å²) < 4.78 is 27.7. The van der Waals surface area contributed by atoms with Crippen LogP contribution in [0.2, 0.25) is 0 Å². The zero-order chi connectivity index (χ0) is 26.2. The van der Waals surface area contributed by atoms with E-state index in [9.17, 15) is 8.42 Å². The molecule has 0 spiro atoms. The van der Waals surface area contributed by atoms with Gasteiger partial charge in [-0.15, -0.1) is 45.3 Å². The molecule has 0 amide bonds. The molecule has 0 bridgehead atoms. The van der Waals surface area contributed by atoms with Crippen LogP contribution in [0.15, 0.2) is 34.1 Å².